The maximum absolute atomic E-state index is 12.3. The zero-order chi connectivity index (χ0) is 14.7. The molecule has 21 heavy (non-hydrogen) atoms. The Morgan fingerprint density at radius 1 is 1.10 bits per heavy atom. The first kappa shape index (κ1) is 18.2. The molecule has 2 N–H and O–H groups in total. The molecule has 2 saturated heterocycles. The van der Waals surface area contributed by atoms with Crippen molar-refractivity contribution in [3.05, 3.63) is 0 Å². The average Bonchev–Trinajstić information content (AvgIpc) is 2.43. The van der Waals surface area contributed by atoms with Gasteiger partial charge in [0.1, 0.15) is 0 Å². The monoisotopic (exact) mass is 318 g/mol. The average molecular weight is 319 g/mol. The van der Waals surface area contributed by atoms with E-state index >= 15 is 0 Å². The molecule has 0 aromatic rings. The number of carbonyl (C=O) groups is 2. The van der Waals surface area contributed by atoms with Crippen LogP contribution in [0.4, 0.5) is 0 Å². The standard InChI is InChI=1S/C14H26N4O2.ClH/c1-11-9-16(4-3-13(11)15)10-14(20)18-7-5-17(6-8-18)12(2)19;/h11,13H,3-10,15H2,1-2H3;1H. The van der Waals surface area contributed by atoms with E-state index in [0.717, 1.165) is 19.5 Å². The van der Waals surface area contributed by atoms with E-state index in [0.29, 0.717) is 38.6 Å². The van der Waals surface area contributed by atoms with E-state index in [4.69, 9.17) is 5.73 Å². The number of piperazine rings is 1. The molecule has 2 unspecified atom stereocenters. The molecular weight excluding hydrogens is 292 g/mol. The highest BCUT2D eigenvalue weighted by atomic mass is 35.5. The summed E-state index contributed by atoms with van der Waals surface area (Å²) in [4.78, 5) is 29.4. The summed E-state index contributed by atoms with van der Waals surface area (Å²) in [5.74, 6) is 0.720. The summed E-state index contributed by atoms with van der Waals surface area (Å²) < 4.78 is 0. The normalized spacial score (nSPS) is 27.2. The third-order valence-electron chi connectivity index (χ3n) is 4.49. The van der Waals surface area contributed by atoms with Gasteiger partial charge in [0.25, 0.3) is 0 Å². The number of hydrogen-bond donors (Lipinski definition) is 1. The van der Waals surface area contributed by atoms with Gasteiger partial charge in [0.05, 0.1) is 6.54 Å². The quantitative estimate of drug-likeness (QED) is 0.763. The van der Waals surface area contributed by atoms with Crippen molar-refractivity contribution in [1.29, 1.82) is 0 Å². The van der Waals surface area contributed by atoms with Crippen LogP contribution in [-0.2, 0) is 9.59 Å². The van der Waals surface area contributed by atoms with Gasteiger partial charge in [-0.25, -0.2) is 0 Å². The van der Waals surface area contributed by atoms with E-state index < -0.39 is 0 Å². The van der Waals surface area contributed by atoms with Crippen molar-refractivity contribution in [2.45, 2.75) is 26.3 Å². The minimum Gasteiger partial charge on any atom is -0.339 e. The van der Waals surface area contributed by atoms with Gasteiger partial charge in [-0.1, -0.05) is 6.92 Å². The van der Waals surface area contributed by atoms with Crippen LogP contribution in [0.3, 0.4) is 0 Å². The number of halogens is 1. The molecule has 0 aromatic heterocycles. The first-order valence-electron chi connectivity index (χ1n) is 7.48. The molecule has 0 bridgehead atoms. The Morgan fingerprint density at radius 2 is 1.67 bits per heavy atom. The topological polar surface area (TPSA) is 69.9 Å². The van der Waals surface area contributed by atoms with Crippen LogP contribution < -0.4 is 5.73 Å². The summed E-state index contributed by atoms with van der Waals surface area (Å²) in [7, 11) is 0. The fourth-order valence-corrected chi connectivity index (χ4v) is 2.96. The first-order chi connectivity index (χ1) is 9.47. The number of carbonyl (C=O) groups excluding carboxylic acids is 2. The lowest BCUT2D eigenvalue weighted by Gasteiger charge is -2.38. The van der Waals surface area contributed by atoms with Crippen molar-refractivity contribution in [3.63, 3.8) is 0 Å². The highest BCUT2D eigenvalue weighted by Crippen LogP contribution is 2.15. The number of piperidine rings is 1. The molecule has 7 heteroatoms. The van der Waals surface area contributed by atoms with E-state index in [1.165, 1.54) is 0 Å². The zero-order valence-corrected chi connectivity index (χ0v) is 13.8. The molecule has 2 amide bonds. The van der Waals surface area contributed by atoms with Gasteiger partial charge in [0, 0.05) is 52.2 Å². The Kier molecular flexibility index (Phi) is 6.90. The SMILES string of the molecule is CC(=O)N1CCN(C(=O)CN2CCC(N)C(C)C2)CC1.Cl. The van der Waals surface area contributed by atoms with E-state index in [1.807, 2.05) is 4.90 Å². The highest BCUT2D eigenvalue weighted by Gasteiger charge is 2.27. The number of rotatable bonds is 2. The van der Waals surface area contributed by atoms with Crippen LogP contribution in [0.5, 0.6) is 0 Å². The van der Waals surface area contributed by atoms with Crippen LogP contribution in [0.25, 0.3) is 0 Å². The number of nitrogens with two attached hydrogens (primary N) is 1. The van der Waals surface area contributed by atoms with Crippen molar-refractivity contribution in [3.8, 4) is 0 Å². The molecule has 0 aliphatic carbocycles. The maximum atomic E-state index is 12.3. The Labute approximate surface area is 133 Å². The predicted octanol–water partition coefficient (Wildman–Crippen LogP) is -0.232. The molecule has 0 spiro atoms. The van der Waals surface area contributed by atoms with Gasteiger partial charge in [-0.3, -0.25) is 14.5 Å². The number of nitrogens with zero attached hydrogens (tertiary/aromatic N) is 3. The van der Waals surface area contributed by atoms with Crippen molar-refractivity contribution in [2.24, 2.45) is 11.7 Å². The Balaban J connectivity index is 0.00000220. The van der Waals surface area contributed by atoms with Gasteiger partial charge in [-0.05, 0) is 12.3 Å². The molecule has 2 fully saturated rings. The summed E-state index contributed by atoms with van der Waals surface area (Å²) in [6.45, 7) is 8.64. The minimum atomic E-state index is 0. The largest absolute Gasteiger partial charge is 0.339 e. The van der Waals surface area contributed by atoms with Crippen LogP contribution in [0.1, 0.15) is 20.3 Å². The fraction of sp³-hybridized carbons (Fsp3) is 0.857. The molecule has 6 nitrogen and oxygen atoms in total. The Bertz CT molecular complexity index is 372. The highest BCUT2D eigenvalue weighted by molar-refractivity contribution is 5.85. The lowest BCUT2D eigenvalue weighted by atomic mass is 9.95. The number of amides is 2. The van der Waals surface area contributed by atoms with Crippen LogP contribution in [-0.4, -0.2) is 78.4 Å². The van der Waals surface area contributed by atoms with Gasteiger partial charge in [-0.2, -0.15) is 0 Å². The van der Waals surface area contributed by atoms with Gasteiger partial charge < -0.3 is 15.5 Å². The summed E-state index contributed by atoms with van der Waals surface area (Å²) in [5.41, 5.74) is 6.00. The van der Waals surface area contributed by atoms with E-state index in [1.54, 1.807) is 11.8 Å². The van der Waals surface area contributed by atoms with Crippen LogP contribution in [0.15, 0.2) is 0 Å². The van der Waals surface area contributed by atoms with E-state index in [9.17, 15) is 9.59 Å². The third-order valence-corrected chi connectivity index (χ3v) is 4.49. The van der Waals surface area contributed by atoms with Crippen molar-refractivity contribution < 1.29 is 9.59 Å². The molecule has 2 aliphatic rings. The summed E-state index contributed by atoms with van der Waals surface area (Å²) in [5, 5.41) is 0. The second kappa shape index (κ2) is 7.96. The summed E-state index contributed by atoms with van der Waals surface area (Å²) in [6.07, 6.45) is 0.965. The lowest BCUT2D eigenvalue weighted by Crippen LogP contribution is -2.54. The number of likely N-dealkylation sites (tertiary alicyclic amines) is 1. The van der Waals surface area contributed by atoms with Crippen molar-refractivity contribution in [2.75, 3.05) is 45.8 Å². The molecule has 122 valence electrons. The van der Waals surface area contributed by atoms with E-state index in [2.05, 4.69) is 11.8 Å². The minimum absolute atomic E-state index is 0. The second-order valence-electron chi connectivity index (χ2n) is 6.05. The molecule has 2 aliphatic heterocycles. The fourth-order valence-electron chi connectivity index (χ4n) is 2.96. The third kappa shape index (κ3) is 4.83. The van der Waals surface area contributed by atoms with Crippen LogP contribution >= 0.6 is 12.4 Å². The summed E-state index contributed by atoms with van der Waals surface area (Å²) in [6, 6.07) is 0.264. The van der Waals surface area contributed by atoms with Crippen LogP contribution in [0, 0.1) is 5.92 Å². The molecule has 0 saturated carbocycles. The van der Waals surface area contributed by atoms with Gasteiger partial charge in [0.15, 0.2) is 0 Å². The second-order valence-corrected chi connectivity index (χ2v) is 6.05. The first-order valence-corrected chi connectivity index (χ1v) is 7.48. The van der Waals surface area contributed by atoms with E-state index in [-0.39, 0.29) is 30.3 Å². The summed E-state index contributed by atoms with van der Waals surface area (Å²) >= 11 is 0. The maximum Gasteiger partial charge on any atom is 0.236 e. The number of hydrogen-bond acceptors (Lipinski definition) is 4. The molecule has 0 radical (unpaired) electrons. The zero-order valence-electron chi connectivity index (χ0n) is 13.0. The van der Waals surface area contributed by atoms with Gasteiger partial charge in [0.2, 0.25) is 11.8 Å². The van der Waals surface area contributed by atoms with Gasteiger partial charge >= 0.3 is 0 Å². The Morgan fingerprint density at radius 3 is 2.19 bits per heavy atom. The smallest absolute Gasteiger partial charge is 0.236 e. The molecule has 2 heterocycles. The van der Waals surface area contributed by atoms with Crippen molar-refractivity contribution >= 4 is 24.2 Å². The molecule has 0 aromatic carbocycles. The molecule has 2 rings (SSSR count). The molecule has 2 atom stereocenters. The van der Waals surface area contributed by atoms with Crippen molar-refractivity contribution in [1.82, 2.24) is 14.7 Å². The van der Waals surface area contributed by atoms with Gasteiger partial charge in [-0.15, -0.1) is 12.4 Å². The lowest BCUT2D eigenvalue weighted by molar-refractivity contribution is -0.139. The molecular formula is C14H27ClN4O2. The van der Waals surface area contributed by atoms with Crippen LogP contribution in [0.2, 0.25) is 0 Å². The Hall–Kier alpha value is -0.850. The predicted molar refractivity (Wildman–Crippen MR) is 84.3 cm³/mol.